The van der Waals surface area contributed by atoms with Gasteiger partial charge in [0, 0.05) is 23.2 Å². The minimum absolute atomic E-state index is 0.739. The van der Waals surface area contributed by atoms with Crippen LogP contribution in [-0.2, 0) is 0 Å². The van der Waals surface area contributed by atoms with Crippen LogP contribution in [0.2, 0.25) is 0 Å². The molecule has 0 saturated carbocycles. The second-order valence-electron chi connectivity index (χ2n) is 2.83. The molecule has 1 aromatic carbocycles. The van der Waals surface area contributed by atoms with Crippen molar-refractivity contribution < 1.29 is 4.52 Å². The number of halogens is 1. The summed E-state index contributed by atoms with van der Waals surface area (Å²) in [5, 5.41) is 6.75. The molecule has 0 spiro atoms. The number of nitrogens with zero attached hydrogens (tertiary/aromatic N) is 1. The van der Waals surface area contributed by atoms with Crippen LogP contribution in [0.4, 0.5) is 5.82 Å². The molecule has 0 bridgehead atoms. The monoisotopic (exact) mass is 252 g/mol. The van der Waals surface area contributed by atoms with Crippen LogP contribution in [0.5, 0.6) is 0 Å². The molecule has 14 heavy (non-hydrogen) atoms. The Kier molecular flexibility index (Phi) is 2.54. The summed E-state index contributed by atoms with van der Waals surface area (Å²) in [6.07, 6.45) is 0. The Bertz CT molecular complexity index is 422. The highest BCUT2D eigenvalue weighted by Gasteiger charge is 2.04. The largest absolute Gasteiger partial charge is 0.370 e. The molecule has 0 atom stereocenters. The van der Waals surface area contributed by atoms with Gasteiger partial charge in [0.15, 0.2) is 11.6 Å². The number of hydrogen-bond donors (Lipinski definition) is 1. The van der Waals surface area contributed by atoms with E-state index in [0.29, 0.717) is 0 Å². The zero-order valence-electron chi connectivity index (χ0n) is 7.62. The fourth-order valence-corrected chi connectivity index (χ4v) is 1.41. The van der Waals surface area contributed by atoms with Crippen molar-refractivity contribution in [3.8, 4) is 11.3 Å². The van der Waals surface area contributed by atoms with Crippen LogP contribution in [0.25, 0.3) is 11.3 Å². The van der Waals surface area contributed by atoms with E-state index < -0.39 is 0 Å². The number of aromatic nitrogens is 1. The third-order valence-corrected chi connectivity index (χ3v) is 2.42. The second-order valence-corrected chi connectivity index (χ2v) is 3.75. The van der Waals surface area contributed by atoms with Crippen molar-refractivity contribution in [1.29, 1.82) is 0 Å². The first-order chi connectivity index (χ1) is 6.79. The van der Waals surface area contributed by atoms with Gasteiger partial charge < -0.3 is 9.84 Å². The van der Waals surface area contributed by atoms with Crippen LogP contribution in [0, 0.1) is 0 Å². The van der Waals surface area contributed by atoms with Crippen LogP contribution in [0.1, 0.15) is 0 Å². The molecule has 4 heteroatoms. The lowest BCUT2D eigenvalue weighted by atomic mass is 10.2. The van der Waals surface area contributed by atoms with E-state index in [9.17, 15) is 0 Å². The normalized spacial score (nSPS) is 10.1. The van der Waals surface area contributed by atoms with E-state index >= 15 is 0 Å². The number of rotatable bonds is 2. The van der Waals surface area contributed by atoms with Gasteiger partial charge in [-0.3, -0.25) is 0 Å². The lowest BCUT2D eigenvalue weighted by Crippen LogP contribution is -1.84. The van der Waals surface area contributed by atoms with Gasteiger partial charge in [-0.05, 0) is 12.1 Å². The Labute approximate surface area is 90.2 Å². The molecule has 1 N–H and O–H groups in total. The van der Waals surface area contributed by atoms with Crippen LogP contribution in [0.3, 0.4) is 0 Å². The molecule has 0 radical (unpaired) electrons. The van der Waals surface area contributed by atoms with Gasteiger partial charge in [0.2, 0.25) is 0 Å². The van der Waals surface area contributed by atoms with Crippen LogP contribution < -0.4 is 5.32 Å². The van der Waals surface area contributed by atoms with Gasteiger partial charge in [0.1, 0.15) is 0 Å². The zero-order chi connectivity index (χ0) is 9.97. The van der Waals surface area contributed by atoms with E-state index in [1.807, 2.05) is 37.4 Å². The Morgan fingerprint density at radius 2 is 2.00 bits per heavy atom. The minimum Gasteiger partial charge on any atom is -0.370 e. The van der Waals surface area contributed by atoms with Crippen molar-refractivity contribution in [3.63, 3.8) is 0 Å². The van der Waals surface area contributed by atoms with Gasteiger partial charge in [0.25, 0.3) is 0 Å². The van der Waals surface area contributed by atoms with Crippen molar-refractivity contribution in [1.82, 2.24) is 5.16 Å². The van der Waals surface area contributed by atoms with Crippen molar-refractivity contribution in [2.45, 2.75) is 0 Å². The predicted molar refractivity (Wildman–Crippen MR) is 59.2 cm³/mol. The van der Waals surface area contributed by atoms with E-state index in [4.69, 9.17) is 4.52 Å². The summed E-state index contributed by atoms with van der Waals surface area (Å²) in [6, 6.07) is 9.76. The number of nitrogens with one attached hydrogen (secondary N) is 1. The smallest absolute Gasteiger partial charge is 0.169 e. The van der Waals surface area contributed by atoms with Gasteiger partial charge in [-0.25, -0.2) is 0 Å². The summed E-state index contributed by atoms with van der Waals surface area (Å²) < 4.78 is 6.20. The molecule has 1 heterocycles. The average Bonchev–Trinajstić information content (AvgIpc) is 2.67. The fourth-order valence-electron chi connectivity index (χ4n) is 1.14. The molecule has 2 rings (SSSR count). The topological polar surface area (TPSA) is 38.1 Å². The van der Waals surface area contributed by atoms with Crippen molar-refractivity contribution in [3.05, 3.63) is 34.8 Å². The molecule has 0 saturated heterocycles. The maximum Gasteiger partial charge on any atom is 0.169 e. The molecule has 2 aromatic rings. The Morgan fingerprint density at radius 3 is 2.57 bits per heavy atom. The summed E-state index contributed by atoms with van der Waals surface area (Å²) in [4.78, 5) is 0. The van der Waals surface area contributed by atoms with Gasteiger partial charge in [-0.1, -0.05) is 33.2 Å². The van der Waals surface area contributed by atoms with E-state index in [1.54, 1.807) is 0 Å². The highest BCUT2D eigenvalue weighted by molar-refractivity contribution is 9.10. The first-order valence-electron chi connectivity index (χ1n) is 4.20. The van der Waals surface area contributed by atoms with Crippen molar-refractivity contribution >= 4 is 21.7 Å². The Hall–Kier alpha value is -1.29. The maximum atomic E-state index is 5.15. The predicted octanol–water partition coefficient (Wildman–Crippen LogP) is 3.15. The molecule has 3 nitrogen and oxygen atoms in total. The Morgan fingerprint density at radius 1 is 1.29 bits per heavy atom. The van der Waals surface area contributed by atoms with E-state index in [1.165, 1.54) is 0 Å². The molecule has 0 aliphatic rings. The maximum absolute atomic E-state index is 5.15. The molecule has 0 aliphatic carbocycles. The molecule has 0 unspecified atom stereocenters. The number of benzene rings is 1. The molecule has 1 aromatic heterocycles. The summed E-state index contributed by atoms with van der Waals surface area (Å²) in [7, 11) is 1.81. The molecule has 72 valence electrons. The SMILES string of the molecule is CNc1cc(-c2ccc(Br)cc2)on1. The van der Waals surface area contributed by atoms with Crippen LogP contribution >= 0.6 is 15.9 Å². The molecule has 0 fully saturated rings. The molecule has 0 amide bonds. The number of anilines is 1. The fraction of sp³-hybridized carbons (Fsp3) is 0.100. The standard InChI is InChI=1S/C10H9BrN2O/c1-12-10-6-9(14-13-10)7-2-4-8(11)5-3-7/h2-6H,1H3,(H,12,13). The van der Waals surface area contributed by atoms with Crippen LogP contribution in [0.15, 0.2) is 39.3 Å². The second kappa shape index (κ2) is 3.84. The third-order valence-electron chi connectivity index (χ3n) is 1.90. The van der Waals surface area contributed by atoms with Gasteiger partial charge in [-0.2, -0.15) is 0 Å². The third kappa shape index (κ3) is 1.80. The lowest BCUT2D eigenvalue weighted by molar-refractivity contribution is 0.435. The minimum atomic E-state index is 0.739. The summed E-state index contributed by atoms with van der Waals surface area (Å²) in [6.45, 7) is 0. The van der Waals surface area contributed by atoms with Gasteiger partial charge in [0.05, 0.1) is 0 Å². The van der Waals surface area contributed by atoms with Crippen molar-refractivity contribution in [2.24, 2.45) is 0 Å². The first kappa shape index (κ1) is 9.27. The van der Waals surface area contributed by atoms with E-state index in [-0.39, 0.29) is 0 Å². The molecular formula is C10H9BrN2O. The van der Waals surface area contributed by atoms with Gasteiger partial charge in [-0.15, -0.1) is 0 Å². The average molecular weight is 253 g/mol. The summed E-state index contributed by atoms with van der Waals surface area (Å²) >= 11 is 3.38. The molecule has 0 aliphatic heterocycles. The van der Waals surface area contributed by atoms with Crippen LogP contribution in [-0.4, -0.2) is 12.2 Å². The first-order valence-corrected chi connectivity index (χ1v) is 4.99. The lowest BCUT2D eigenvalue weighted by Gasteiger charge is -1.94. The summed E-state index contributed by atoms with van der Waals surface area (Å²) in [5.74, 6) is 1.50. The highest BCUT2D eigenvalue weighted by atomic mass is 79.9. The highest BCUT2D eigenvalue weighted by Crippen LogP contribution is 2.23. The quantitative estimate of drug-likeness (QED) is 0.893. The van der Waals surface area contributed by atoms with Crippen molar-refractivity contribution in [2.75, 3.05) is 12.4 Å². The van der Waals surface area contributed by atoms with E-state index in [0.717, 1.165) is 21.6 Å². The number of hydrogen-bond acceptors (Lipinski definition) is 3. The zero-order valence-corrected chi connectivity index (χ0v) is 9.21. The molecular weight excluding hydrogens is 244 g/mol. The van der Waals surface area contributed by atoms with Gasteiger partial charge >= 0.3 is 0 Å². The van der Waals surface area contributed by atoms with E-state index in [2.05, 4.69) is 26.4 Å². The summed E-state index contributed by atoms with van der Waals surface area (Å²) in [5.41, 5.74) is 1.02. The Balaban J connectivity index is 2.34.